The van der Waals surface area contributed by atoms with Crippen LogP contribution < -0.4 is 25.5 Å². The Morgan fingerprint density at radius 3 is 2.50 bits per heavy atom. The number of nitrogens with one attached hydrogen (secondary N) is 3. The summed E-state index contributed by atoms with van der Waals surface area (Å²) in [5, 5.41) is 13.2. The van der Waals surface area contributed by atoms with Crippen molar-refractivity contribution in [3.63, 3.8) is 0 Å². The predicted octanol–water partition coefficient (Wildman–Crippen LogP) is 6.61. The summed E-state index contributed by atoms with van der Waals surface area (Å²) in [6.07, 6.45) is 1.41. The molecule has 12 heteroatoms. The third-order valence-electron chi connectivity index (χ3n) is 7.03. The number of allylic oxidation sites excluding steroid dienone is 1. The summed E-state index contributed by atoms with van der Waals surface area (Å²) in [6.45, 7) is 3.64. The Kier molecular flexibility index (Phi) is 10.7. The molecule has 0 saturated carbocycles. The number of fused-ring (bicyclic) bond motifs is 1. The van der Waals surface area contributed by atoms with Crippen molar-refractivity contribution in [1.82, 2.24) is 16.1 Å². The number of rotatable bonds is 11. The molecule has 0 unspecified atom stereocenters. The summed E-state index contributed by atoms with van der Waals surface area (Å²) in [4.78, 5) is 25.4. The number of hydrogen-bond acceptors (Lipinski definition) is 7. The summed E-state index contributed by atoms with van der Waals surface area (Å²) in [6, 6.07) is 23.7. The van der Waals surface area contributed by atoms with Gasteiger partial charge in [-0.1, -0.05) is 83.9 Å². The van der Waals surface area contributed by atoms with Crippen LogP contribution in [-0.4, -0.2) is 36.4 Å². The Morgan fingerprint density at radius 2 is 1.72 bits per heavy atom. The number of ether oxygens (including phenoxy) is 3. The van der Waals surface area contributed by atoms with Crippen LogP contribution in [0.2, 0.25) is 10.0 Å². The maximum absolute atomic E-state index is 12.8. The fourth-order valence-electron chi connectivity index (χ4n) is 4.97. The topological polar surface area (TPSA) is 110 Å². The second-order valence-corrected chi connectivity index (χ2v) is 11.4. The molecular weight excluding hydrogens is 647 g/mol. The number of amides is 1. The minimum atomic E-state index is -0.640. The van der Waals surface area contributed by atoms with Crippen molar-refractivity contribution in [2.24, 2.45) is 5.10 Å². The zero-order chi connectivity index (χ0) is 32.6. The van der Waals surface area contributed by atoms with Crippen LogP contribution in [0.1, 0.15) is 36.6 Å². The number of esters is 1. The largest absolute Gasteiger partial charge is 0.486 e. The third-order valence-corrected chi connectivity index (χ3v) is 7.81. The zero-order valence-corrected chi connectivity index (χ0v) is 27.3. The lowest BCUT2D eigenvalue weighted by Crippen LogP contribution is -2.45. The number of nitrogens with zero attached hydrogens (tertiary/aromatic N) is 1. The van der Waals surface area contributed by atoms with E-state index in [1.165, 1.54) is 6.21 Å². The fraction of sp³-hybridized carbons (Fsp3) is 0.176. The van der Waals surface area contributed by atoms with Gasteiger partial charge in [0.25, 0.3) is 5.91 Å². The summed E-state index contributed by atoms with van der Waals surface area (Å²) < 4.78 is 17.1. The molecule has 4 aromatic carbocycles. The van der Waals surface area contributed by atoms with Gasteiger partial charge in [0.15, 0.2) is 17.5 Å². The number of carbonyl (C=O) groups is 2. The Balaban J connectivity index is 1.20. The highest BCUT2D eigenvalue weighted by molar-refractivity contribution is 7.80. The van der Waals surface area contributed by atoms with E-state index in [0.29, 0.717) is 49.1 Å². The van der Waals surface area contributed by atoms with Gasteiger partial charge in [0.2, 0.25) is 0 Å². The molecule has 9 nitrogen and oxygen atoms in total. The first-order valence-corrected chi connectivity index (χ1v) is 15.5. The van der Waals surface area contributed by atoms with Gasteiger partial charge in [0.1, 0.15) is 12.4 Å². The molecule has 0 bridgehead atoms. The van der Waals surface area contributed by atoms with Gasteiger partial charge < -0.3 is 24.8 Å². The molecule has 5 rings (SSSR count). The molecule has 1 amide bonds. The van der Waals surface area contributed by atoms with Gasteiger partial charge in [0, 0.05) is 11.3 Å². The van der Waals surface area contributed by atoms with Crippen LogP contribution in [0.5, 0.6) is 11.5 Å². The van der Waals surface area contributed by atoms with Crippen molar-refractivity contribution in [3.05, 3.63) is 117 Å². The molecule has 4 aromatic rings. The minimum absolute atomic E-state index is 0.216. The maximum Gasteiger partial charge on any atom is 0.338 e. The second-order valence-electron chi connectivity index (χ2n) is 10.2. The van der Waals surface area contributed by atoms with Crippen molar-refractivity contribution < 1.29 is 23.8 Å². The van der Waals surface area contributed by atoms with Gasteiger partial charge >= 0.3 is 5.97 Å². The van der Waals surface area contributed by atoms with E-state index in [1.807, 2.05) is 42.5 Å². The molecule has 1 heterocycles. The van der Waals surface area contributed by atoms with E-state index >= 15 is 0 Å². The van der Waals surface area contributed by atoms with Crippen LogP contribution in [0.25, 0.3) is 10.8 Å². The van der Waals surface area contributed by atoms with Gasteiger partial charge in [-0.2, -0.15) is 5.10 Å². The van der Waals surface area contributed by atoms with Crippen LogP contribution in [-0.2, 0) is 20.9 Å². The third kappa shape index (κ3) is 7.77. The minimum Gasteiger partial charge on any atom is -0.486 e. The molecule has 236 valence electrons. The Bertz CT molecular complexity index is 1830. The van der Waals surface area contributed by atoms with Crippen LogP contribution in [0, 0.1) is 0 Å². The highest BCUT2D eigenvalue weighted by Crippen LogP contribution is 2.35. The lowest BCUT2D eigenvalue weighted by atomic mass is 9.95. The van der Waals surface area contributed by atoms with Crippen molar-refractivity contribution in [2.75, 3.05) is 13.2 Å². The first kappa shape index (κ1) is 32.7. The summed E-state index contributed by atoms with van der Waals surface area (Å²) in [5.41, 5.74) is 5.53. The van der Waals surface area contributed by atoms with Crippen LogP contribution in [0.15, 0.2) is 95.2 Å². The van der Waals surface area contributed by atoms with E-state index in [2.05, 4.69) is 21.2 Å². The zero-order valence-electron chi connectivity index (χ0n) is 24.9. The van der Waals surface area contributed by atoms with Gasteiger partial charge in [-0.3, -0.25) is 4.79 Å². The number of hydrazone groups is 1. The molecule has 3 N–H and O–H groups in total. The number of thiocarbonyl (C=S) groups is 1. The molecule has 1 aliphatic rings. The molecule has 0 fully saturated rings. The molecule has 0 aromatic heterocycles. The van der Waals surface area contributed by atoms with Crippen molar-refractivity contribution >= 4 is 69.4 Å². The average molecular weight is 678 g/mol. The van der Waals surface area contributed by atoms with Gasteiger partial charge in [-0.25, -0.2) is 10.2 Å². The van der Waals surface area contributed by atoms with E-state index < -0.39 is 17.9 Å². The monoisotopic (exact) mass is 676 g/mol. The van der Waals surface area contributed by atoms with Crippen LogP contribution in [0.4, 0.5) is 0 Å². The molecule has 0 aliphatic carbocycles. The van der Waals surface area contributed by atoms with E-state index in [0.717, 1.165) is 16.3 Å². The summed E-state index contributed by atoms with van der Waals surface area (Å²) >= 11 is 18.3. The molecule has 1 aliphatic heterocycles. The lowest BCUT2D eigenvalue weighted by molar-refractivity contribution is -0.139. The summed E-state index contributed by atoms with van der Waals surface area (Å²) in [5.74, 6) is -0.260. The van der Waals surface area contributed by atoms with Crippen LogP contribution >= 0.6 is 35.4 Å². The number of carbonyl (C=O) groups excluding carboxylic acids is 2. The maximum atomic E-state index is 12.8. The second kappa shape index (κ2) is 15.1. The highest BCUT2D eigenvalue weighted by Gasteiger charge is 2.32. The predicted molar refractivity (Wildman–Crippen MR) is 183 cm³/mol. The smallest absolute Gasteiger partial charge is 0.338 e. The number of benzene rings is 4. The number of halogens is 2. The molecular formula is C34H30Cl2N4O5S. The average Bonchev–Trinajstić information content (AvgIpc) is 3.03. The Morgan fingerprint density at radius 1 is 1.00 bits per heavy atom. The van der Waals surface area contributed by atoms with Gasteiger partial charge in [0.05, 0.1) is 34.5 Å². The van der Waals surface area contributed by atoms with Gasteiger partial charge in [-0.05, 0) is 66.2 Å². The highest BCUT2D eigenvalue weighted by atomic mass is 35.5. The van der Waals surface area contributed by atoms with Crippen molar-refractivity contribution in [3.8, 4) is 11.5 Å². The molecule has 1 atom stereocenters. The molecule has 0 radical (unpaired) electrons. The number of hydrogen-bond donors (Lipinski definition) is 3. The van der Waals surface area contributed by atoms with E-state index in [9.17, 15) is 9.59 Å². The Hall–Kier alpha value is -4.64. The molecule has 46 heavy (non-hydrogen) atoms. The van der Waals surface area contributed by atoms with Crippen molar-refractivity contribution in [2.45, 2.75) is 26.5 Å². The quantitative estimate of drug-likeness (QED) is 0.0705. The Labute approximate surface area is 281 Å². The lowest BCUT2D eigenvalue weighted by Gasteiger charge is -2.30. The molecule has 0 spiro atoms. The van der Waals surface area contributed by atoms with Crippen LogP contribution in [0.3, 0.4) is 0 Å². The first-order chi connectivity index (χ1) is 22.2. The number of para-hydroxylation sites is 1. The van der Waals surface area contributed by atoms with E-state index in [-0.39, 0.29) is 19.8 Å². The van der Waals surface area contributed by atoms with E-state index in [1.54, 1.807) is 50.2 Å². The normalized spacial score (nSPS) is 14.5. The SMILES string of the molecule is CCOC(=O)C1=C(C)NC(=S)N[C@@H]1c1ccccc1OCC(=O)NN=Cc1cc(Cl)c(OCc2cccc3ccccc23)c(Cl)c1. The fourth-order valence-corrected chi connectivity index (χ4v) is 5.86. The summed E-state index contributed by atoms with van der Waals surface area (Å²) in [7, 11) is 0. The van der Waals surface area contributed by atoms with Gasteiger partial charge in [-0.15, -0.1) is 0 Å². The standard InChI is InChI=1S/C34H30Cl2N4O5S/c1-3-43-33(42)30-20(2)38-34(46)39-31(30)25-13-6-7-14-28(25)44-19-29(41)40-37-17-21-15-26(35)32(27(36)16-21)45-18-23-11-8-10-22-9-4-5-12-24(22)23/h4-17,31H,3,18-19H2,1-2H3,(H,40,41)(H2,38,39,46)/t31-/m1/s1. The van der Waals surface area contributed by atoms with Crippen molar-refractivity contribution in [1.29, 1.82) is 0 Å². The van der Waals surface area contributed by atoms with E-state index in [4.69, 9.17) is 49.6 Å². The first-order valence-electron chi connectivity index (χ1n) is 14.3. The molecule has 0 saturated heterocycles.